The van der Waals surface area contributed by atoms with Crippen molar-refractivity contribution in [1.82, 2.24) is 5.32 Å². The van der Waals surface area contributed by atoms with Crippen LogP contribution in [0.5, 0.6) is 11.5 Å². The minimum atomic E-state index is -0.363. The van der Waals surface area contributed by atoms with Crippen LogP contribution in [0, 0.1) is 6.92 Å². The first-order valence-corrected chi connectivity index (χ1v) is 10.8. The van der Waals surface area contributed by atoms with Gasteiger partial charge in [0.05, 0.1) is 12.8 Å². The number of nitrogens with one attached hydrogen (secondary N) is 1. The third-order valence-electron chi connectivity index (χ3n) is 5.40. The SMILES string of the molecule is COc1ccc(C=C2Oc3ccccc3N(CC(=O)NCCc3ccc(C)cc3)C2=O)cc1. The molecule has 1 aliphatic heterocycles. The number of para-hydroxylation sites is 2. The maximum absolute atomic E-state index is 13.2. The van der Waals surface area contributed by atoms with Crippen LogP contribution in [-0.4, -0.2) is 32.0 Å². The number of methoxy groups -OCH3 is 1. The molecule has 0 saturated carbocycles. The van der Waals surface area contributed by atoms with E-state index < -0.39 is 0 Å². The average molecular weight is 443 g/mol. The summed E-state index contributed by atoms with van der Waals surface area (Å²) in [6.45, 7) is 2.45. The summed E-state index contributed by atoms with van der Waals surface area (Å²) in [5.41, 5.74) is 3.72. The number of ether oxygens (including phenoxy) is 2. The van der Waals surface area contributed by atoms with E-state index in [1.165, 1.54) is 10.5 Å². The molecule has 33 heavy (non-hydrogen) atoms. The Morgan fingerprint density at radius 2 is 1.76 bits per heavy atom. The lowest BCUT2D eigenvalue weighted by atomic mass is 10.1. The highest BCUT2D eigenvalue weighted by atomic mass is 16.5. The monoisotopic (exact) mass is 442 g/mol. The van der Waals surface area contributed by atoms with Crippen LogP contribution in [-0.2, 0) is 16.0 Å². The fourth-order valence-corrected chi connectivity index (χ4v) is 3.57. The number of nitrogens with zero attached hydrogens (tertiary/aromatic N) is 1. The van der Waals surface area contributed by atoms with Gasteiger partial charge in [-0.05, 0) is 54.8 Å². The van der Waals surface area contributed by atoms with Gasteiger partial charge >= 0.3 is 0 Å². The molecule has 6 heteroatoms. The Bertz CT molecular complexity index is 1170. The van der Waals surface area contributed by atoms with E-state index in [0.717, 1.165) is 23.3 Å². The van der Waals surface area contributed by atoms with Crippen LogP contribution < -0.4 is 19.7 Å². The van der Waals surface area contributed by atoms with Gasteiger partial charge in [0, 0.05) is 6.54 Å². The van der Waals surface area contributed by atoms with Gasteiger partial charge in [0.2, 0.25) is 5.91 Å². The molecule has 4 rings (SSSR count). The average Bonchev–Trinajstić information content (AvgIpc) is 2.83. The standard InChI is InChI=1S/C27H26N2O4/c1-19-7-9-20(10-8-19)15-16-28-26(30)18-29-23-5-3-4-6-24(23)33-25(27(29)31)17-21-11-13-22(32-2)14-12-21/h3-14,17H,15-16,18H2,1-2H3,(H,28,30). The smallest absolute Gasteiger partial charge is 0.294 e. The van der Waals surface area contributed by atoms with Gasteiger partial charge in [-0.25, -0.2) is 0 Å². The first-order valence-electron chi connectivity index (χ1n) is 10.8. The molecule has 1 N–H and O–H groups in total. The topological polar surface area (TPSA) is 67.9 Å². The van der Waals surface area contributed by atoms with Gasteiger partial charge in [0.25, 0.3) is 5.91 Å². The van der Waals surface area contributed by atoms with Gasteiger partial charge in [-0.3, -0.25) is 14.5 Å². The van der Waals surface area contributed by atoms with Crippen LogP contribution in [0.2, 0.25) is 0 Å². The van der Waals surface area contributed by atoms with E-state index >= 15 is 0 Å². The largest absolute Gasteiger partial charge is 0.497 e. The van der Waals surface area contributed by atoms with Crippen molar-refractivity contribution in [2.45, 2.75) is 13.3 Å². The molecule has 0 bridgehead atoms. The fraction of sp³-hybridized carbons (Fsp3) is 0.185. The van der Waals surface area contributed by atoms with Crippen LogP contribution in [0.1, 0.15) is 16.7 Å². The molecule has 0 aliphatic carbocycles. The normalized spacial score (nSPS) is 13.9. The molecule has 0 unspecified atom stereocenters. The van der Waals surface area contributed by atoms with Crippen molar-refractivity contribution >= 4 is 23.6 Å². The van der Waals surface area contributed by atoms with Gasteiger partial charge in [-0.2, -0.15) is 0 Å². The van der Waals surface area contributed by atoms with Crippen LogP contribution in [0.4, 0.5) is 5.69 Å². The van der Waals surface area contributed by atoms with Crippen molar-refractivity contribution in [1.29, 1.82) is 0 Å². The highest BCUT2D eigenvalue weighted by Gasteiger charge is 2.31. The third-order valence-corrected chi connectivity index (χ3v) is 5.40. The minimum Gasteiger partial charge on any atom is -0.497 e. The number of hydrogen-bond acceptors (Lipinski definition) is 4. The molecule has 0 atom stereocenters. The zero-order valence-electron chi connectivity index (χ0n) is 18.7. The van der Waals surface area contributed by atoms with Crippen molar-refractivity contribution in [2.75, 3.05) is 25.1 Å². The first kappa shape index (κ1) is 22.1. The Kier molecular flexibility index (Phi) is 6.74. The third kappa shape index (κ3) is 5.41. The number of hydrogen-bond donors (Lipinski definition) is 1. The fourth-order valence-electron chi connectivity index (χ4n) is 3.57. The predicted molar refractivity (Wildman–Crippen MR) is 128 cm³/mol. The van der Waals surface area contributed by atoms with Crippen molar-refractivity contribution in [3.63, 3.8) is 0 Å². The molecule has 3 aromatic carbocycles. The predicted octanol–water partition coefficient (Wildman–Crippen LogP) is 4.13. The van der Waals surface area contributed by atoms with E-state index in [2.05, 4.69) is 29.6 Å². The number of benzene rings is 3. The van der Waals surface area contributed by atoms with E-state index in [0.29, 0.717) is 18.0 Å². The van der Waals surface area contributed by atoms with E-state index in [-0.39, 0.29) is 24.1 Å². The zero-order valence-corrected chi connectivity index (χ0v) is 18.7. The molecule has 0 spiro atoms. The molecular weight excluding hydrogens is 416 g/mol. The van der Waals surface area contributed by atoms with Gasteiger partial charge in [0.15, 0.2) is 11.5 Å². The Hall–Kier alpha value is -4.06. The van der Waals surface area contributed by atoms with Crippen molar-refractivity contribution in [3.05, 3.63) is 95.2 Å². The number of fused-ring (bicyclic) bond motifs is 1. The van der Waals surface area contributed by atoms with Gasteiger partial charge in [-0.1, -0.05) is 54.1 Å². The maximum atomic E-state index is 13.2. The number of aryl methyl sites for hydroxylation is 1. The lowest BCUT2D eigenvalue weighted by molar-refractivity contribution is -0.123. The van der Waals surface area contributed by atoms with Crippen LogP contribution in [0.3, 0.4) is 0 Å². The number of amides is 2. The summed E-state index contributed by atoms with van der Waals surface area (Å²) < 4.78 is 11.1. The second-order valence-corrected chi connectivity index (χ2v) is 7.83. The van der Waals surface area contributed by atoms with Gasteiger partial charge in [-0.15, -0.1) is 0 Å². The van der Waals surface area contributed by atoms with E-state index in [1.54, 1.807) is 25.3 Å². The summed E-state index contributed by atoms with van der Waals surface area (Å²) >= 11 is 0. The molecule has 168 valence electrons. The number of anilines is 1. The molecule has 0 fully saturated rings. The van der Waals surface area contributed by atoms with E-state index in [9.17, 15) is 9.59 Å². The molecule has 0 aromatic heterocycles. The lowest BCUT2D eigenvalue weighted by Crippen LogP contribution is -2.44. The maximum Gasteiger partial charge on any atom is 0.294 e. The van der Waals surface area contributed by atoms with Crippen molar-refractivity contribution in [3.8, 4) is 11.5 Å². The number of rotatable bonds is 7. The summed E-state index contributed by atoms with van der Waals surface area (Å²) in [4.78, 5) is 27.3. The van der Waals surface area contributed by atoms with Crippen molar-refractivity contribution in [2.24, 2.45) is 0 Å². The number of carbonyl (C=O) groups is 2. The first-order chi connectivity index (χ1) is 16.0. The van der Waals surface area contributed by atoms with Gasteiger partial charge < -0.3 is 14.8 Å². The highest BCUT2D eigenvalue weighted by molar-refractivity contribution is 6.12. The van der Waals surface area contributed by atoms with E-state index in [1.807, 2.05) is 43.3 Å². The molecule has 1 aliphatic rings. The summed E-state index contributed by atoms with van der Waals surface area (Å²) in [7, 11) is 1.60. The summed E-state index contributed by atoms with van der Waals surface area (Å²) in [6, 6.07) is 22.7. The number of carbonyl (C=O) groups excluding carboxylic acids is 2. The Morgan fingerprint density at radius 1 is 1.03 bits per heavy atom. The lowest BCUT2D eigenvalue weighted by Gasteiger charge is -2.30. The second-order valence-electron chi connectivity index (χ2n) is 7.83. The molecule has 1 heterocycles. The van der Waals surface area contributed by atoms with Crippen LogP contribution in [0.25, 0.3) is 6.08 Å². The molecule has 3 aromatic rings. The van der Waals surface area contributed by atoms with Crippen LogP contribution in [0.15, 0.2) is 78.6 Å². The molecular formula is C27H26N2O4. The summed E-state index contributed by atoms with van der Waals surface area (Å²) in [5.74, 6) is 0.826. The second kappa shape index (κ2) is 10.0. The highest BCUT2D eigenvalue weighted by Crippen LogP contribution is 2.35. The van der Waals surface area contributed by atoms with Gasteiger partial charge in [0.1, 0.15) is 12.3 Å². The Morgan fingerprint density at radius 3 is 2.48 bits per heavy atom. The summed E-state index contributed by atoms with van der Waals surface area (Å²) in [5, 5.41) is 2.91. The Balaban J connectivity index is 1.47. The molecule has 0 saturated heterocycles. The van der Waals surface area contributed by atoms with Crippen molar-refractivity contribution < 1.29 is 19.1 Å². The zero-order chi connectivity index (χ0) is 23.2. The summed E-state index contributed by atoms with van der Waals surface area (Å²) in [6.07, 6.45) is 2.39. The van der Waals surface area contributed by atoms with E-state index in [4.69, 9.17) is 9.47 Å². The molecule has 0 radical (unpaired) electrons. The molecule has 6 nitrogen and oxygen atoms in total. The quantitative estimate of drug-likeness (QED) is 0.559. The Labute approximate surface area is 193 Å². The molecule has 2 amide bonds. The minimum absolute atomic E-state index is 0.0902. The van der Waals surface area contributed by atoms with Crippen LogP contribution >= 0.6 is 0 Å².